The minimum Gasteiger partial charge on any atom is -1.00 e. The molecular weight excluding hydrogens is 714 g/mol. The quantitative estimate of drug-likeness (QED) is 0.281. The van der Waals surface area contributed by atoms with Gasteiger partial charge in [-0.05, 0) is 0 Å². The zero-order chi connectivity index (χ0) is 26.7. The average molecular weight is 748 g/mol. The molecule has 41 heavy (non-hydrogen) atoms. The van der Waals surface area contributed by atoms with Gasteiger partial charge in [-0.1, -0.05) is 0 Å². The molecule has 7 rings (SSSR count). The second kappa shape index (κ2) is 11.6. The van der Waals surface area contributed by atoms with Gasteiger partial charge in [-0.3, -0.25) is 0 Å². The molecular formula is C36H34Cl2HfO2. The first-order valence-electron chi connectivity index (χ1n) is 13.9. The van der Waals surface area contributed by atoms with Crippen LogP contribution in [0.15, 0.2) is 96.1 Å². The molecule has 5 heteroatoms. The number of halogens is 2. The fourth-order valence-corrected chi connectivity index (χ4v) is 35.8. The topological polar surface area (TPSA) is 18.5 Å². The van der Waals surface area contributed by atoms with Crippen molar-refractivity contribution in [2.45, 2.75) is 29.6 Å². The predicted octanol–water partition coefficient (Wildman–Crippen LogP) is 3.67. The first-order chi connectivity index (χ1) is 19.0. The van der Waals surface area contributed by atoms with Gasteiger partial charge in [0.1, 0.15) is 0 Å². The summed E-state index contributed by atoms with van der Waals surface area (Å²) >= 11 is -2.81. The summed E-state index contributed by atoms with van der Waals surface area (Å²) in [5.41, 5.74) is 14.5. The van der Waals surface area contributed by atoms with Crippen LogP contribution in [0.2, 0.25) is 8.35 Å². The van der Waals surface area contributed by atoms with E-state index in [9.17, 15) is 0 Å². The molecule has 2 atom stereocenters. The molecule has 2 nitrogen and oxygen atoms in total. The van der Waals surface area contributed by atoms with Crippen LogP contribution in [0.1, 0.15) is 43.5 Å². The zero-order valence-electron chi connectivity index (χ0n) is 23.9. The number of hydrogen-bond acceptors (Lipinski definition) is 2. The van der Waals surface area contributed by atoms with Crippen molar-refractivity contribution in [2.75, 3.05) is 14.2 Å². The number of benzene rings is 4. The van der Waals surface area contributed by atoms with E-state index in [0.29, 0.717) is 7.35 Å². The van der Waals surface area contributed by atoms with Crippen LogP contribution in [0.5, 0.6) is 11.5 Å². The molecule has 3 aliphatic rings. The molecule has 1 heterocycles. The molecule has 4 aromatic carbocycles. The van der Waals surface area contributed by atoms with Gasteiger partial charge in [0, 0.05) is 0 Å². The molecule has 0 saturated carbocycles. The molecule has 4 aromatic rings. The molecule has 0 aromatic heterocycles. The number of allylic oxidation sites excluding steroid dienone is 2. The molecule has 2 aliphatic carbocycles. The van der Waals surface area contributed by atoms with Gasteiger partial charge in [0.25, 0.3) is 0 Å². The molecule has 0 amide bonds. The maximum atomic E-state index is 5.41. The standard InChI is InChI=1S/2C17H15O.C2H4.2ClH.Hf/c2*1-12-10-14-4-3-5-16(17(14)11-12)13-6-8-15(18-2)9-7-13;1-2;;;/h2*3-11H,1-2H3;1-2H2;2*1H;/q;;;;;+2/p-2. The Morgan fingerprint density at radius 2 is 0.951 bits per heavy atom. The average Bonchev–Trinajstić information content (AvgIpc) is 3.55. The van der Waals surface area contributed by atoms with E-state index in [1.807, 2.05) is 0 Å². The molecule has 1 fully saturated rings. The van der Waals surface area contributed by atoms with Crippen LogP contribution in [0.25, 0.3) is 34.4 Å². The number of rotatable bonds is 6. The summed E-state index contributed by atoms with van der Waals surface area (Å²) in [6.07, 6.45) is 5.03. The van der Waals surface area contributed by atoms with Crippen LogP contribution in [0.3, 0.4) is 0 Å². The van der Waals surface area contributed by atoms with Crippen molar-refractivity contribution < 1.29 is 54.3 Å². The zero-order valence-corrected chi connectivity index (χ0v) is 29.0. The van der Waals surface area contributed by atoms with Crippen LogP contribution in [0.4, 0.5) is 0 Å². The van der Waals surface area contributed by atoms with Gasteiger partial charge in [-0.25, -0.2) is 0 Å². The van der Waals surface area contributed by atoms with Crippen molar-refractivity contribution in [2.24, 2.45) is 0 Å². The second-order valence-electron chi connectivity index (χ2n) is 11.4. The van der Waals surface area contributed by atoms with Gasteiger partial charge < -0.3 is 24.8 Å². The Kier molecular flexibility index (Phi) is 8.45. The Balaban J connectivity index is 0.00000169. The van der Waals surface area contributed by atoms with Gasteiger partial charge in [0.05, 0.1) is 0 Å². The SMILES string of the molecule is COc1ccc(-c2cccc3c2C=C(C)[CH]3[Hf+2]2([CH]3C(C)=Cc4c(-c5ccc(OC)cc5)cccc43)[CH2][CH2]2)cc1.[Cl-].[Cl-]. The van der Waals surface area contributed by atoms with Crippen molar-refractivity contribution in [3.8, 4) is 33.8 Å². The molecule has 1 saturated heterocycles. The Bertz CT molecular complexity index is 1530. The Morgan fingerprint density at radius 3 is 1.29 bits per heavy atom. The summed E-state index contributed by atoms with van der Waals surface area (Å²) in [6, 6.07) is 31.1. The molecule has 208 valence electrons. The molecule has 0 N–H and O–H groups in total. The van der Waals surface area contributed by atoms with E-state index >= 15 is 0 Å². The molecule has 1 aliphatic heterocycles. The summed E-state index contributed by atoms with van der Waals surface area (Å²) in [4.78, 5) is 0. The van der Waals surface area contributed by atoms with Crippen LogP contribution >= 0.6 is 0 Å². The van der Waals surface area contributed by atoms with E-state index in [1.165, 1.54) is 41.7 Å². The monoisotopic (exact) mass is 748 g/mol. The third-order valence-corrected chi connectivity index (χ3v) is 29.0. The van der Waals surface area contributed by atoms with Gasteiger partial charge in [0.15, 0.2) is 0 Å². The third kappa shape index (κ3) is 4.84. The van der Waals surface area contributed by atoms with Crippen LogP contribution in [-0.2, 0) is 20.0 Å². The Morgan fingerprint density at radius 1 is 0.561 bits per heavy atom. The predicted molar refractivity (Wildman–Crippen MR) is 159 cm³/mol. The van der Waals surface area contributed by atoms with Crippen molar-refractivity contribution in [1.82, 2.24) is 0 Å². The number of methoxy groups -OCH3 is 2. The van der Waals surface area contributed by atoms with E-state index < -0.39 is 20.0 Å². The summed E-state index contributed by atoms with van der Waals surface area (Å²) in [7, 11) is 3.46. The van der Waals surface area contributed by atoms with Crippen molar-refractivity contribution in [3.05, 3.63) is 118 Å². The van der Waals surface area contributed by atoms with E-state index in [0.717, 1.165) is 11.5 Å². The Labute approximate surface area is 260 Å². The minimum absolute atomic E-state index is 0. The van der Waals surface area contributed by atoms with E-state index in [1.54, 1.807) is 36.5 Å². The van der Waals surface area contributed by atoms with Gasteiger partial charge in [-0.2, -0.15) is 0 Å². The van der Waals surface area contributed by atoms with Crippen LogP contribution in [0, 0.1) is 0 Å². The summed E-state index contributed by atoms with van der Waals surface area (Å²) in [5, 5.41) is 0. The van der Waals surface area contributed by atoms with Crippen molar-refractivity contribution >= 4 is 12.2 Å². The number of fused-ring (bicyclic) bond motifs is 2. The largest absolute Gasteiger partial charge is 1.00 e. The fraction of sp³-hybridized carbons (Fsp3) is 0.222. The summed E-state index contributed by atoms with van der Waals surface area (Å²) in [6.45, 7) is 4.82. The summed E-state index contributed by atoms with van der Waals surface area (Å²) < 4.78 is 15.1. The van der Waals surface area contributed by atoms with Crippen molar-refractivity contribution in [1.29, 1.82) is 0 Å². The van der Waals surface area contributed by atoms with Crippen molar-refractivity contribution in [3.63, 3.8) is 0 Å². The molecule has 0 spiro atoms. The van der Waals surface area contributed by atoms with E-state index in [-0.39, 0.29) is 24.8 Å². The van der Waals surface area contributed by atoms with E-state index in [4.69, 9.17) is 9.47 Å². The van der Waals surface area contributed by atoms with Gasteiger partial charge in [0.2, 0.25) is 0 Å². The molecule has 0 radical (unpaired) electrons. The Hall–Kier alpha value is -2.59. The number of hydrogen-bond donors (Lipinski definition) is 0. The number of ether oxygens (including phenoxy) is 2. The smallest absolute Gasteiger partial charge is 1.00 e. The normalized spacial score (nSPS) is 18.3. The van der Waals surface area contributed by atoms with E-state index in [2.05, 4.69) is 111 Å². The first-order valence-corrected chi connectivity index (χ1v) is 23.2. The van der Waals surface area contributed by atoms with Crippen LogP contribution in [-0.4, -0.2) is 14.2 Å². The summed E-state index contributed by atoms with van der Waals surface area (Å²) in [5.74, 6) is 1.81. The van der Waals surface area contributed by atoms with Gasteiger partial charge in [-0.15, -0.1) is 0 Å². The fourth-order valence-electron chi connectivity index (χ4n) is 7.56. The molecule has 2 unspecified atom stereocenters. The van der Waals surface area contributed by atoms with Crippen LogP contribution < -0.4 is 34.3 Å². The minimum atomic E-state index is -2.81. The third-order valence-electron chi connectivity index (χ3n) is 9.34. The maximum absolute atomic E-state index is 5.41. The van der Waals surface area contributed by atoms with Gasteiger partial charge >= 0.3 is 237 Å². The first kappa shape index (κ1) is 29.9. The molecule has 0 bridgehead atoms. The second-order valence-corrected chi connectivity index (χ2v) is 28.1. The maximum Gasteiger partial charge on any atom is -1.00 e.